The quantitative estimate of drug-likeness (QED) is 0.735. The number of hydrogen-bond donors (Lipinski definition) is 0. The average Bonchev–Trinajstić information content (AvgIpc) is 2.20. The van der Waals surface area contributed by atoms with E-state index in [9.17, 15) is 0 Å². The summed E-state index contributed by atoms with van der Waals surface area (Å²) >= 11 is 3.49. The van der Waals surface area contributed by atoms with Crippen LogP contribution in [0.4, 0.5) is 0 Å². The summed E-state index contributed by atoms with van der Waals surface area (Å²) in [5.74, 6) is 1.27. The molecule has 0 aliphatic heterocycles. The number of hydrogen-bond acceptors (Lipinski definition) is 1. The normalized spacial score (nSPS) is 12.2. The Morgan fingerprint density at radius 2 is 2.29 bits per heavy atom. The molecule has 0 saturated carbocycles. The molecule has 1 unspecified atom stereocenters. The van der Waals surface area contributed by atoms with E-state index in [2.05, 4.69) is 41.6 Å². The Kier molecular flexibility index (Phi) is 4.21. The van der Waals surface area contributed by atoms with Crippen LogP contribution < -0.4 is 4.74 Å². The third-order valence-corrected chi connectivity index (χ3v) is 2.75. The summed E-state index contributed by atoms with van der Waals surface area (Å²) in [5.41, 5.74) is 1.25. The van der Waals surface area contributed by atoms with Crippen LogP contribution in [0.3, 0.4) is 0 Å². The van der Waals surface area contributed by atoms with E-state index in [0.29, 0.717) is 12.5 Å². The van der Waals surface area contributed by atoms with Crippen molar-refractivity contribution in [3.8, 4) is 5.75 Å². The number of benzene rings is 1. The molecule has 1 nitrogen and oxygen atoms in total. The SMILES string of the molecule is C=CC(C)c1ccc(OCC)c(Br)c1. The topological polar surface area (TPSA) is 9.23 Å². The van der Waals surface area contributed by atoms with Crippen molar-refractivity contribution in [2.24, 2.45) is 0 Å². The summed E-state index contributed by atoms with van der Waals surface area (Å²) < 4.78 is 6.44. The third kappa shape index (κ3) is 2.61. The largest absolute Gasteiger partial charge is 0.493 e. The maximum absolute atomic E-state index is 5.43. The zero-order valence-electron chi connectivity index (χ0n) is 8.59. The molecule has 0 heterocycles. The van der Waals surface area contributed by atoms with E-state index >= 15 is 0 Å². The highest BCUT2D eigenvalue weighted by molar-refractivity contribution is 9.10. The molecular formula is C12H15BrO. The number of halogens is 1. The highest BCUT2D eigenvalue weighted by atomic mass is 79.9. The van der Waals surface area contributed by atoms with E-state index < -0.39 is 0 Å². The van der Waals surface area contributed by atoms with Crippen molar-refractivity contribution in [2.45, 2.75) is 19.8 Å². The second kappa shape index (κ2) is 5.20. The molecule has 0 saturated heterocycles. The minimum atomic E-state index is 0.377. The monoisotopic (exact) mass is 254 g/mol. The molecule has 0 aliphatic rings. The summed E-state index contributed by atoms with van der Waals surface area (Å²) in [6, 6.07) is 6.14. The van der Waals surface area contributed by atoms with Crippen molar-refractivity contribution in [3.05, 3.63) is 40.9 Å². The first-order valence-corrected chi connectivity index (χ1v) is 5.53. The molecular weight excluding hydrogens is 240 g/mol. The molecule has 1 rings (SSSR count). The van der Waals surface area contributed by atoms with Crippen molar-refractivity contribution in [2.75, 3.05) is 6.61 Å². The smallest absolute Gasteiger partial charge is 0.133 e. The van der Waals surface area contributed by atoms with Gasteiger partial charge in [0, 0.05) is 0 Å². The molecule has 0 N–H and O–H groups in total. The second-order valence-electron chi connectivity index (χ2n) is 3.15. The van der Waals surface area contributed by atoms with Crippen LogP contribution in [0.2, 0.25) is 0 Å². The highest BCUT2D eigenvalue weighted by Crippen LogP contribution is 2.29. The van der Waals surface area contributed by atoms with E-state index in [1.165, 1.54) is 5.56 Å². The maximum Gasteiger partial charge on any atom is 0.133 e. The lowest BCUT2D eigenvalue weighted by atomic mass is 10.0. The van der Waals surface area contributed by atoms with Gasteiger partial charge in [0.25, 0.3) is 0 Å². The molecule has 0 aromatic heterocycles. The second-order valence-corrected chi connectivity index (χ2v) is 4.00. The number of allylic oxidation sites excluding steroid dienone is 1. The lowest BCUT2D eigenvalue weighted by Crippen LogP contribution is -1.94. The van der Waals surface area contributed by atoms with E-state index in [0.717, 1.165) is 10.2 Å². The van der Waals surface area contributed by atoms with Crippen molar-refractivity contribution < 1.29 is 4.74 Å². The first-order valence-electron chi connectivity index (χ1n) is 4.73. The molecule has 0 spiro atoms. The molecule has 1 aromatic rings. The number of ether oxygens (including phenoxy) is 1. The van der Waals surface area contributed by atoms with Crippen LogP contribution in [0, 0.1) is 0 Å². The Morgan fingerprint density at radius 3 is 2.79 bits per heavy atom. The molecule has 76 valence electrons. The highest BCUT2D eigenvalue weighted by Gasteiger charge is 2.05. The summed E-state index contributed by atoms with van der Waals surface area (Å²) in [4.78, 5) is 0. The van der Waals surface area contributed by atoms with Gasteiger partial charge < -0.3 is 4.74 Å². The first kappa shape index (κ1) is 11.3. The zero-order valence-corrected chi connectivity index (χ0v) is 10.2. The van der Waals surface area contributed by atoms with Crippen LogP contribution in [0.15, 0.2) is 35.3 Å². The van der Waals surface area contributed by atoms with Gasteiger partial charge in [-0.25, -0.2) is 0 Å². The van der Waals surface area contributed by atoms with Crippen LogP contribution in [0.25, 0.3) is 0 Å². The molecule has 0 fully saturated rings. The Morgan fingerprint density at radius 1 is 1.57 bits per heavy atom. The summed E-state index contributed by atoms with van der Waals surface area (Å²) in [7, 11) is 0. The van der Waals surface area contributed by atoms with Gasteiger partial charge in [-0.2, -0.15) is 0 Å². The van der Waals surface area contributed by atoms with E-state index in [4.69, 9.17) is 4.74 Å². The van der Waals surface area contributed by atoms with Crippen LogP contribution in [-0.4, -0.2) is 6.61 Å². The predicted molar refractivity (Wildman–Crippen MR) is 63.9 cm³/mol. The van der Waals surface area contributed by atoms with Crippen molar-refractivity contribution in [1.29, 1.82) is 0 Å². The fourth-order valence-electron chi connectivity index (χ4n) is 1.21. The minimum absolute atomic E-state index is 0.377. The van der Waals surface area contributed by atoms with Gasteiger partial charge in [-0.3, -0.25) is 0 Å². The molecule has 0 amide bonds. The Bertz CT molecular complexity index is 320. The van der Waals surface area contributed by atoms with Gasteiger partial charge in [-0.1, -0.05) is 19.1 Å². The Hall–Kier alpha value is -0.760. The van der Waals surface area contributed by atoms with Crippen molar-refractivity contribution >= 4 is 15.9 Å². The molecule has 1 atom stereocenters. The van der Waals surface area contributed by atoms with Crippen molar-refractivity contribution in [3.63, 3.8) is 0 Å². The fourth-order valence-corrected chi connectivity index (χ4v) is 1.72. The predicted octanol–water partition coefficient (Wildman–Crippen LogP) is 4.14. The van der Waals surface area contributed by atoms with Crippen LogP contribution in [0.1, 0.15) is 25.3 Å². The fraction of sp³-hybridized carbons (Fsp3) is 0.333. The molecule has 14 heavy (non-hydrogen) atoms. The van der Waals surface area contributed by atoms with Gasteiger partial charge >= 0.3 is 0 Å². The van der Waals surface area contributed by atoms with Crippen molar-refractivity contribution in [1.82, 2.24) is 0 Å². The van der Waals surface area contributed by atoms with Crippen LogP contribution in [-0.2, 0) is 0 Å². The van der Waals surface area contributed by atoms with Crippen LogP contribution >= 0.6 is 15.9 Å². The van der Waals surface area contributed by atoms with Gasteiger partial charge in [0.2, 0.25) is 0 Å². The first-order chi connectivity index (χ1) is 6.69. The van der Waals surface area contributed by atoms with Gasteiger partial charge in [0.15, 0.2) is 0 Å². The lowest BCUT2D eigenvalue weighted by Gasteiger charge is -2.10. The molecule has 0 bridgehead atoms. The van der Waals surface area contributed by atoms with Gasteiger partial charge in [0.05, 0.1) is 11.1 Å². The number of rotatable bonds is 4. The zero-order chi connectivity index (χ0) is 10.6. The van der Waals surface area contributed by atoms with E-state index in [-0.39, 0.29) is 0 Å². The van der Waals surface area contributed by atoms with Gasteiger partial charge in [0.1, 0.15) is 5.75 Å². The van der Waals surface area contributed by atoms with E-state index in [1.54, 1.807) is 0 Å². The molecule has 2 heteroatoms. The van der Waals surface area contributed by atoms with E-state index in [1.807, 2.05) is 19.1 Å². The standard InChI is InChI=1S/C12H15BrO/c1-4-9(3)10-6-7-12(14-5-2)11(13)8-10/h4,6-9H,1,5H2,2-3H3. The molecule has 1 aromatic carbocycles. The third-order valence-electron chi connectivity index (χ3n) is 2.14. The Labute approximate surface area is 93.9 Å². The maximum atomic E-state index is 5.43. The summed E-state index contributed by atoms with van der Waals surface area (Å²) in [6.07, 6.45) is 1.93. The van der Waals surface area contributed by atoms with Gasteiger partial charge in [-0.05, 0) is 46.5 Å². The summed E-state index contributed by atoms with van der Waals surface area (Å²) in [6.45, 7) is 8.57. The summed E-state index contributed by atoms with van der Waals surface area (Å²) in [5, 5.41) is 0. The minimum Gasteiger partial charge on any atom is -0.493 e. The lowest BCUT2D eigenvalue weighted by molar-refractivity contribution is 0.338. The van der Waals surface area contributed by atoms with Gasteiger partial charge in [-0.15, -0.1) is 6.58 Å². The van der Waals surface area contributed by atoms with Crippen LogP contribution in [0.5, 0.6) is 5.75 Å². The average molecular weight is 255 g/mol. The molecule has 0 aliphatic carbocycles. The molecule has 0 radical (unpaired) electrons. The Balaban J connectivity index is 2.93.